The molecule has 0 aliphatic rings. The van der Waals surface area contributed by atoms with Gasteiger partial charge in [-0.15, -0.1) is 0 Å². The van der Waals surface area contributed by atoms with Crippen molar-refractivity contribution in [3.8, 4) is 0 Å². The number of non-ortho nitro benzene ring substituents is 1. The van der Waals surface area contributed by atoms with Crippen molar-refractivity contribution in [3.63, 3.8) is 0 Å². The Bertz CT molecular complexity index is 853. The van der Waals surface area contributed by atoms with Crippen LogP contribution in [0, 0.1) is 10.1 Å². The Labute approximate surface area is 125 Å². The summed E-state index contributed by atoms with van der Waals surface area (Å²) in [5.74, 6) is 0.656. The molecule has 2 heterocycles. The molecule has 0 amide bonds. The molecule has 2 aromatic heterocycles. The molecule has 110 valence electrons. The van der Waals surface area contributed by atoms with Gasteiger partial charge in [-0.05, 0) is 24.3 Å². The van der Waals surface area contributed by atoms with Gasteiger partial charge in [0.25, 0.3) is 5.69 Å². The molecule has 0 saturated carbocycles. The zero-order valence-electron chi connectivity index (χ0n) is 11.7. The number of nitro benzene ring substituents is 1. The SMILES string of the molecule is Cn1c(C=NNc2ccc([N+](=O)[O-])cc2)nc2ncccc21. The smallest absolute Gasteiger partial charge is 0.269 e. The highest BCUT2D eigenvalue weighted by atomic mass is 16.6. The number of imidazole rings is 1. The molecule has 1 aromatic carbocycles. The summed E-state index contributed by atoms with van der Waals surface area (Å²) in [4.78, 5) is 18.7. The minimum atomic E-state index is -0.445. The lowest BCUT2D eigenvalue weighted by molar-refractivity contribution is -0.384. The van der Waals surface area contributed by atoms with Crippen LogP contribution >= 0.6 is 0 Å². The topological polar surface area (TPSA) is 98.2 Å². The summed E-state index contributed by atoms with van der Waals surface area (Å²) in [6.07, 6.45) is 3.26. The van der Waals surface area contributed by atoms with Crippen molar-refractivity contribution in [2.24, 2.45) is 12.1 Å². The monoisotopic (exact) mass is 296 g/mol. The average molecular weight is 296 g/mol. The molecule has 0 saturated heterocycles. The van der Waals surface area contributed by atoms with Gasteiger partial charge in [0.2, 0.25) is 0 Å². The van der Waals surface area contributed by atoms with Gasteiger partial charge in [0.1, 0.15) is 0 Å². The summed E-state index contributed by atoms with van der Waals surface area (Å²) >= 11 is 0. The molecule has 0 bridgehead atoms. The first-order valence-corrected chi connectivity index (χ1v) is 6.46. The molecule has 0 aliphatic heterocycles. The Morgan fingerprint density at radius 1 is 1.32 bits per heavy atom. The Kier molecular flexibility index (Phi) is 3.48. The number of hydrazone groups is 1. The number of aryl methyl sites for hydroxylation is 1. The Balaban J connectivity index is 1.76. The number of aromatic nitrogens is 3. The number of pyridine rings is 1. The van der Waals surface area contributed by atoms with E-state index >= 15 is 0 Å². The summed E-state index contributed by atoms with van der Waals surface area (Å²) in [5.41, 5.74) is 5.06. The highest BCUT2D eigenvalue weighted by Gasteiger charge is 2.06. The van der Waals surface area contributed by atoms with E-state index in [2.05, 4.69) is 20.5 Å². The first-order valence-electron chi connectivity index (χ1n) is 6.46. The van der Waals surface area contributed by atoms with Crippen LogP contribution in [0.1, 0.15) is 5.82 Å². The van der Waals surface area contributed by atoms with Gasteiger partial charge in [0.15, 0.2) is 11.5 Å². The summed E-state index contributed by atoms with van der Waals surface area (Å²) in [7, 11) is 1.88. The average Bonchev–Trinajstić information content (AvgIpc) is 2.85. The van der Waals surface area contributed by atoms with E-state index in [1.54, 1.807) is 24.5 Å². The predicted molar refractivity (Wildman–Crippen MR) is 82.8 cm³/mol. The van der Waals surface area contributed by atoms with Crippen molar-refractivity contribution in [2.75, 3.05) is 5.43 Å². The molecule has 3 aromatic rings. The van der Waals surface area contributed by atoms with E-state index in [1.165, 1.54) is 12.1 Å². The lowest BCUT2D eigenvalue weighted by atomic mass is 10.3. The molecule has 0 spiro atoms. The van der Waals surface area contributed by atoms with Crippen molar-refractivity contribution in [1.82, 2.24) is 14.5 Å². The molecule has 22 heavy (non-hydrogen) atoms. The molecular weight excluding hydrogens is 284 g/mol. The highest BCUT2D eigenvalue weighted by Crippen LogP contribution is 2.15. The lowest BCUT2D eigenvalue weighted by Gasteiger charge is -1.99. The minimum Gasteiger partial charge on any atom is -0.325 e. The molecule has 0 atom stereocenters. The molecule has 0 unspecified atom stereocenters. The van der Waals surface area contributed by atoms with Crippen LogP contribution in [0.4, 0.5) is 11.4 Å². The van der Waals surface area contributed by atoms with Crippen LogP contribution in [0.15, 0.2) is 47.7 Å². The minimum absolute atomic E-state index is 0.0379. The predicted octanol–water partition coefficient (Wildman–Crippen LogP) is 2.32. The van der Waals surface area contributed by atoms with Crippen LogP contribution < -0.4 is 5.43 Å². The number of fused-ring (bicyclic) bond motifs is 1. The second-order valence-electron chi connectivity index (χ2n) is 4.55. The van der Waals surface area contributed by atoms with Crippen LogP contribution in [0.2, 0.25) is 0 Å². The van der Waals surface area contributed by atoms with Gasteiger partial charge in [-0.1, -0.05) is 0 Å². The number of nitro groups is 1. The van der Waals surface area contributed by atoms with Gasteiger partial charge >= 0.3 is 0 Å². The third kappa shape index (κ3) is 2.62. The summed E-state index contributed by atoms with van der Waals surface area (Å²) in [6, 6.07) is 9.78. The van der Waals surface area contributed by atoms with Crippen LogP contribution in [0.5, 0.6) is 0 Å². The van der Waals surface area contributed by atoms with Gasteiger partial charge in [0, 0.05) is 25.4 Å². The van der Waals surface area contributed by atoms with E-state index in [-0.39, 0.29) is 5.69 Å². The van der Waals surface area contributed by atoms with Crippen molar-refractivity contribution >= 4 is 28.8 Å². The first kappa shape index (κ1) is 13.7. The number of rotatable bonds is 4. The standard InChI is InChI=1S/C14H12N6O2/c1-19-12-3-2-8-15-14(12)17-13(19)9-16-18-10-4-6-11(7-5-10)20(21)22/h2-9,18H,1H3. The van der Waals surface area contributed by atoms with Crippen molar-refractivity contribution < 1.29 is 4.92 Å². The van der Waals surface area contributed by atoms with Crippen LogP contribution in [0.25, 0.3) is 11.2 Å². The van der Waals surface area contributed by atoms with E-state index < -0.39 is 4.92 Å². The quantitative estimate of drug-likeness (QED) is 0.452. The second kappa shape index (κ2) is 5.60. The molecule has 8 nitrogen and oxygen atoms in total. The maximum absolute atomic E-state index is 10.6. The van der Waals surface area contributed by atoms with Crippen LogP contribution in [-0.4, -0.2) is 25.7 Å². The Morgan fingerprint density at radius 2 is 2.09 bits per heavy atom. The van der Waals surface area contributed by atoms with Gasteiger partial charge in [-0.25, -0.2) is 9.97 Å². The van der Waals surface area contributed by atoms with E-state index in [0.29, 0.717) is 17.2 Å². The Hall–Kier alpha value is -3.29. The summed E-state index contributed by atoms with van der Waals surface area (Å²) in [6.45, 7) is 0. The van der Waals surface area contributed by atoms with Gasteiger partial charge in [-0.3, -0.25) is 15.5 Å². The summed E-state index contributed by atoms with van der Waals surface area (Å²) < 4.78 is 1.88. The molecular formula is C14H12N6O2. The van der Waals surface area contributed by atoms with E-state index in [4.69, 9.17) is 0 Å². The number of nitrogens with one attached hydrogen (secondary N) is 1. The highest BCUT2D eigenvalue weighted by molar-refractivity contribution is 5.83. The third-order valence-electron chi connectivity index (χ3n) is 3.14. The number of hydrogen-bond acceptors (Lipinski definition) is 6. The molecule has 0 aliphatic carbocycles. The lowest BCUT2D eigenvalue weighted by Crippen LogP contribution is -1.98. The van der Waals surface area contributed by atoms with Crippen molar-refractivity contribution in [1.29, 1.82) is 0 Å². The van der Waals surface area contributed by atoms with E-state index in [9.17, 15) is 10.1 Å². The normalized spacial score (nSPS) is 11.1. The Morgan fingerprint density at radius 3 is 2.77 bits per heavy atom. The fourth-order valence-corrected chi connectivity index (χ4v) is 1.98. The number of hydrogen-bond donors (Lipinski definition) is 1. The zero-order chi connectivity index (χ0) is 15.5. The molecule has 1 N–H and O–H groups in total. The maximum atomic E-state index is 10.6. The third-order valence-corrected chi connectivity index (χ3v) is 3.14. The summed E-state index contributed by atoms with van der Waals surface area (Å²) in [5, 5.41) is 14.7. The van der Waals surface area contributed by atoms with Gasteiger partial charge < -0.3 is 4.57 Å². The van der Waals surface area contributed by atoms with Crippen LogP contribution in [-0.2, 0) is 7.05 Å². The molecule has 0 fully saturated rings. The van der Waals surface area contributed by atoms with E-state index in [0.717, 1.165) is 5.52 Å². The number of nitrogens with zero attached hydrogens (tertiary/aromatic N) is 5. The number of anilines is 1. The molecule has 0 radical (unpaired) electrons. The van der Waals surface area contributed by atoms with Gasteiger partial charge in [-0.2, -0.15) is 5.10 Å². The largest absolute Gasteiger partial charge is 0.325 e. The molecule has 3 rings (SSSR count). The number of benzene rings is 1. The fourth-order valence-electron chi connectivity index (χ4n) is 1.98. The zero-order valence-corrected chi connectivity index (χ0v) is 11.7. The maximum Gasteiger partial charge on any atom is 0.269 e. The van der Waals surface area contributed by atoms with Crippen molar-refractivity contribution in [3.05, 3.63) is 58.5 Å². The fraction of sp³-hybridized carbons (Fsp3) is 0.0714. The van der Waals surface area contributed by atoms with E-state index in [1.807, 2.05) is 23.7 Å². The van der Waals surface area contributed by atoms with Gasteiger partial charge in [0.05, 0.1) is 22.3 Å². The van der Waals surface area contributed by atoms with Crippen molar-refractivity contribution in [2.45, 2.75) is 0 Å². The molecule has 8 heteroatoms. The first-order chi connectivity index (χ1) is 10.6. The second-order valence-corrected chi connectivity index (χ2v) is 4.55. The van der Waals surface area contributed by atoms with Crippen LogP contribution in [0.3, 0.4) is 0 Å².